The Hall–Kier alpha value is -1.46. The monoisotopic (exact) mass is 563 g/mol. The molecule has 0 aliphatic rings. The molecule has 0 saturated carbocycles. The average Bonchev–Trinajstić information content (AvgIpc) is 2.87. The summed E-state index contributed by atoms with van der Waals surface area (Å²) in [7, 11) is -0.0918. The molecule has 40 heavy (non-hydrogen) atoms. The summed E-state index contributed by atoms with van der Waals surface area (Å²) < 4.78 is 18.8. The van der Waals surface area contributed by atoms with E-state index in [9.17, 15) is 4.79 Å². The molecule has 0 amide bonds. The SMILES string of the molecule is CCCCCOc1cc(OCCCCC)c(PC(=O)c2c(C)cc(C(C)(C)C)cc2C)c(OCCCCC)c1.[Li+]. The molecule has 1 atom stereocenters. The van der Waals surface area contributed by atoms with Crippen LogP contribution < -0.4 is 38.4 Å². The molecule has 0 aliphatic carbocycles. The minimum Gasteiger partial charge on any atom is -0.493 e. The molecule has 2 aromatic rings. The topological polar surface area (TPSA) is 44.8 Å². The summed E-state index contributed by atoms with van der Waals surface area (Å²) in [6, 6.07) is 8.27. The molecule has 218 valence electrons. The molecule has 0 fully saturated rings. The van der Waals surface area contributed by atoms with E-state index < -0.39 is 0 Å². The molecule has 0 aromatic heterocycles. The van der Waals surface area contributed by atoms with Crippen LogP contribution in [0.15, 0.2) is 24.3 Å². The number of hydrogen-bond donors (Lipinski definition) is 0. The van der Waals surface area contributed by atoms with Gasteiger partial charge < -0.3 is 14.2 Å². The summed E-state index contributed by atoms with van der Waals surface area (Å²) >= 11 is 0. The average molecular weight is 564 g/mol. The number of ether oxygens (including phenoxy) is 3. The van der Waals surface area contributed by atoms with Crippen molar-refractivity contribution in [3.05, 3.63) is 46.5 Å². The van der Waals surface area contributed by atoms with Crippen LogP contribution in [0.1, 0.15) is 126 Å². The Morgan fingerprint density at radius 3 is 1.52 bits per heavy atom. The number of aryl methyl sites for hydroxylation is 2. The van der Waals surface area contributed by atoms with Crippen LogP contribution in [0.4, 0.5) is 0 Å². The quantitative estimate of drug-likeness (QED) is 0.119. The largest absolute Gasteiger partial charge is 1.00 e. The maximum Gasteiger partial charge on any atom is 1.00 e. The van der Waals surface area contributed by atoms with E-state index in [1.807, 2.05) is 12.1 Å². The summed E-state index contributed by atoms with van der Waals surface area (Å²) in [5, 5.41) is 0.854. The molecule has 0 radical (unpaired) electrons. The number of carbonyl (C=O) groups excluding carboxylic acids is 1. The predicted octanol–water partition coefficient (Wildman–Crippen LogP) is 6.46. The van der Waals surface area contributed by atoms with Crippen LogP contribution in [-0.4, -0.2) is 25.3 Å². The third kappa shape index (κ3) is 11.8. The molecule has 6 heteroatoms. The maximum atomic E-state index is 13.9. The Morgan fingerprint density at radius 2 is 1.12 bits per heavy atom. The molecule has 4 nitrogen and oxygen atoms in total. The van der Waals surface area contributed by atoms with Gasteiger partial charge in [0.15, 0.2) is 5.52 Å². The summed E-state index contributed by atoms with van der Waals surface area (Å²) in [4.78, 5) is 13.9. The van der Waals surface area contributed by atoms with Crippen molar-refractivity contribution < 1.29 is 37.9 Å². The number of hydrogen-bond acceptors (Lipinski definition) is 4. The van der Waals surface area contributed by atoms with Crippen molar-refractivity contribution in [1.29, 1.82) is 0 Å². The Morgan fingerprint density at radius 1 is 0.700 bits per heavy atom. The summed E-state index contributed by atoms with van der Waals surface area (Å²) in [6.45, 7) is 19.2. The van der Waals surface area contributed by atoms with Crippen LogP contribution in [-0.2, 0) is 5.41 Å². The van der Waals surface area contributed by atoms with Crippen LogP contribution in [0.25, 0.3) is 0 Å². The molecule has 0 aliphatic heterocycles. The minimum atomic E-state index is -0.0918. The van der Waals surface area contributed by atoms with Gasteiger partial charge in [-0.1, -0.05) is 92.2 Å². The molecule has 0 bridgehead atoms. The smallest absolute Gasteiger partial charge is 0.493 e. The van der Waals surface area contributed by atoms with Gasteiger partial charge >= 0.3 is 18.9 Å². The summed E-state index contributed by atoms with van der Waals surface area (Å²) in [6.07, 6.45) is 9.76. The van der Waals surface area contributed by atoms with Crippen LogP contribution >= 0.6 is 8.58 Å². The normalized spacial score (nSPS) is 11.5. The van der Waals surface area contributed by atoms with Gasteiger partial charge in [0.05, 0.1) is 25.1 Å². The van der Waals surface area contributed by atoms with Gasteiger partial charge in [-0.25, -0.2) is 0 Å². The number of unbranched alkanes of at least 4 members (excludes halogenated alkanes) is 6. The van der Waals surface area contributed by atoms with Crippen LogP contribution in [0.3, 0.4) is 0 Å². The van der Waals surface area contributed by atoms with Crippen molar-refractivity contribution >= 4 is 19.4 Å². The van der Waals surface area contributed by atoms with E-state index in [4.69, 9.17) is 14.2 Å². The van der Waals surface area contributed by atoms with Gasteiger partial charge in [-0.2, -0.15) is 0 Å². The van der Waals surface area contributed by atoms with E-state index in [0.29, 0.717) is 19.8 Å². The number of benzene rings is 2. The first kappa shape index (κ1) is 36.6. The van der Waals surface area contributed by atoms with Gasteiger partial charge in [-0.15, -0.1) is 0 Å². The van der Waals surface area contributed by atoms with E-state index in [2.05, 4.69) is 67.5 Å². The second-order valence-corrected chi connectivity index (χ2v) is 12.9. The maximum absolute atomic E-state index is 13.9. The van der Waals surface area contributed by atoms with E-state index in [1.165, 1.54) is 5.56 Å². The second-order valence-electron chi connectivity index (χ2n) is 11.7. The number of carbonyl (C=O) groups is 1. The first-order chi connectivity index (χ1) is 18.6. The van der Waals surface area contributed by atoms with Crippen molar-refractivity contribution in [2.45, 2.75) is 119 Å². The molecule has 0 heterocycles. The molecule has 2 aromatic carbocycles. The third-order valence-corrected chi connectivity index (χ3v) is 8.15. The van der Waals surface area contributed by atoms with Gasteiger partial charge in [0, 0.05) is 17.7 Å². The molecular formula is C34H53LiO4P+. The second kappa shape index (κ2) is 18.9. The van der Waals surface area contributed by atoms with Crippen molar-refractivity contribution in [2.75, 3.05) is 19.8 Å². The van der Waals surface area contributed by atoms with E-state index in [0.717, 1.165) is 97.0 Å². The predicted molar refractivity (Wildman–Crippen MR) is 168 cm³/mol. The van der Waals surface area contributed by atoms with E-state index >= 15 is 0 Å². The zero-order valence-corrected chi connectivity index (χ0v) is 27.9. The van der Waals surface area contributed by atoms with E-state index in [1.54, 1.807) is 0 Å². The molecule has 2 rings (SSSR count). The van der Waals surface area contributed by atoms with Gasteiger partial charge in [0.25, 0.3) is 0 Å². The van der Waals surface area contributed by atoms with Crippen molar-refractivity contribution in [1.82, 2.24) is 0 Å². The first-order valence-corrected chi connectivity index (χ1v) is 16.1. The van der Waals surface area contributed by atoms with Gasteiger partial charge in [-0.3, -0.25) is 4.79 Å². The van der Waals surface area contributed by atoms with Gasteiger partial charge in [-0.05, 0) is 63.8 Å². The zero-order chi connectivity index (χ0) is 28.8. The fraction of sp³-hybridized carbons (Fsp3) is 0.618. The molecule has 0 spiro atoms. The first-order valence-electron chi connectivity index (χ1n) is 15.1. The van der Waals surface area contributed by atoms with Crippen LogP contribution in [0.2, 0.25) is 0 Å². The van der Waals surface area contributed by atoms with Crippen molar-refractivity contribution in [3.8, 4) is 17.2 Å². The van der Waals surface area contributed by atoms with Crippen LogP contribution in [0, 0.1) is 13.8 Å². The fourth-order valence-corrected chi connectivity index (χ4v) is 5.82. The van der Waals surface area contributed by atoms with Gasteiger partial charge in [0.2, 0.25) is 0 Å². The zero-order valence-electron chi connectivity index (χ0n) is 26.9. The Bertz CT molecular complexity index is 989. The third-order valence-electron chi connectivity index (χ3n) is 6.93. The summed E-state index contributed by atoms with van der Waals surface area (Å²) in [5.74, 6) is 2.20. The summed E-state index contributed by atoms with van der Waals surface area (Å²) in [5.41, 5.74) is 4.29. The van der Waals surface area contributed by atoms with Crippen molar-refractivity contribution in [3.63, 3.8) is 0 Å². The minimum absolute atomic E-state index is 0. The Balaban J connectivity index is 0.00000800. The molecular weight excluding hydrogens is 510 g/mol. The molecule has 1 unspecified atom stereocenters. The Kier molecular flexibility index (Phi) is 17.2. The van der Waals surface area contributed by atoms with E-state index in [-0.39, 0.29) is 38.4 Å². The molecule has 0 N–H and O–H groups in total. The molecule has 0 saturated heterocycles. The number of rotatable bonds is 18. The van der Waals surface area contributed by atoms with Crippen LogP contribution in [0.5, 0.6) is 17.2 Å². The van der Waals surface area contributed by atoms with Gasteiger partial charge in [0.1, 0.15) is 17.2 Å². The Labute approximate surface area is 258 Å². The standard InChI is InChI=1S/C34H53O4P.Li/c1-9-12-15-18-36-28-23-29(37-19-16-13-10-2)32(30(24-28)38-20-17-14-11-3)39-33(35)31-25(4)21-27(22-26(31)5)34(6,7)8;/h21-24,39H,9-20H2,1-8H3;/q;+1. The van der Waals surface area contributed by atoms with Crippen molar-refractivity contribution in [2.24, 2.45) is 0 Å². The fourth-order valence-electron chi connectivity index (χ4n) is 4.54.